The molecule has 0 bridgehead atoms. The second-order valence-corrected chi connectivity index (χ2v) is 5.23. The monoisotopic (exact) mass is 295 g/mol. The van der Waals surface area contributed by atoms with E-state index in [1.54, 1.807) is 6.07 Å². The lowest BCUT2D eigenvalue weighted by Crippen LogP contribution is -2.27. The van der Waals surface area contributed by atoms with E-state index in [-0.39, 0.29) is 6.04 Å². The molecule has 4 heteroatoms. The average molecular weight is 296 g/mol. The summed E-state index contributed by atoms with van der Waals surface area (Å²) in [7, 11) is 0. The van der Waals surface area contributed by atoms with Crippen molar-refractivity contribution in [3.05, 3.63) is 70.2 Å². The molecule has 0 aromatic heterocycles. The van der Waals surface area contributed by atoms with Gasteiger partial charge in [-0.2, -0.15) is 0 Å². The van der Waals surface area contributed by atoms with E-state index in [4.69, 9.17) is 11.6 Å². The lowest BCUT2D eigenvalue weighted by molar-refractivity contribution is 0.502. The standard InChI is InChI=1S/C16H16ClF2N/c1-11(8-13-4-2-3-5-14(13)17)20-10-12-6-7-15(18)16(19)9-12/h2-7,9,11,20H,8,10H2,1H3. The Labute approximate surface area is 122 Å². The molecule has 106 valence electrons. The molecule has 2 rings (SSSR count). The SMILES string of the molecule is CC(Cc1ccccc1Cl)NCc1ccc(F)c(F)c1. The molecule has 0 radical (unpaired) electrons. The third kappa shape index (κ3) is 4.02. The third-order valence-electron chi connectivity index (χ3n) is 3.12. The molecule has 1 nitrogen and oxygen atoms in total. The van der Waals surface area contributed by atoms with E-state index >= 15 is 0 Å². The van der Waals surface area contributed by atoms with Crippen LogP contribution in [0.2, 0.25) is 5.02 Å². The number of halogens is 3. The summed E-state index contributed by atoms with van der Waals surface area (Å²) >= 11 is 6.10. The Kier molecular flexibility index (Phi) is 5.10. The fourth-order valence-corrected chi connectivity index (χ4v) is 2.22. The Balaban J connectivity index is 1.90. The number of hydrogen-bond acceptors (Lipinski definition) is 1. The number of nitrogens with one attached hydrogen (secondary N) is 1. The summed E-state index contributed by atoms with van der Waals surface area (Å²) in [6.07, 6.45) is 0.781. The van der Waals surface area contributed by atoms with Gasteiger partial charge in [0.1, 0.15) is 0 Å². The van der Waals surface area contributed by atoms with Crippen LogP contribution in [-0.2, 0) is 13.0 Å². The van der Waals surface area contributed by atoms with Crippen molar-refractivity contribution >= 4 is 11.6 Å². The van der Waals surface area contributed by atoms with E-state index < -0.39 is 11.6 Å². The summed E-state index contributed by atoms with van der Waals surface area (Å²) in [6, 6.07) is 11.8. The summed E-state index contributed by atoms with van der Waals surface area (Å²) < 4.78 is 25.9. The van der Waals surface area contributed by atoms with Crippen molar-refractivity contribution < 1.29 is 8.78 Å². The summed E-state index contributed by atoms with van der Waals surface area (Å²) in [5.74, 6) is -1.64. The quantitative estimate of drug-likeness (QED) is 0.865. The van der Waals surface area contributed by atoms with Gasteiger partial charge in [-0.15, -0.1) is 0 Å². The average Bonchev–Trinajstić information content (AvgIpc) is 2.43. The summed E-state index contributed by atoms with van der Waals surface area (Å²) in [4.78, 5) is 0. The zero-order chi connectivity index (χ0) is 14.5. The molecule has 1 N–H and O–H groups in total. The molecule has 0 saturated carbocycles. The van der Waals surface area contributed by atoms with E-state index in [9.17, 15) is 8.78 Å². The molecule has 0 saturated heterocycles. The number of rotatable bonds is 5. The normalized spacial score (nSPS) is 12.4. The Morgan fingerprint density at radius 3 is 2.55 bits per heavy atom. The van der Waals surface area contributed by atoms with Gasteiger partial charge in [0, 0.05) is 17.6 Å². The van der Waals surface area contributed by atoms with Crippen LogP contribution < -0.4 is 5.32 Å². The predicted molar refractivity (Wildman–Crippen MR) is 77.8 cm³/mol. The molecule has 2 aromatic carbocycles. The predicted octanol–water partition coefficient (Wildman–Crippen LogP) is 4.34. The van der Waals surface area contributed by atoms with Crippen LogP contribution in [0.3, 0.4) is 0 Å². The molecule has 1 atom stereocenters. The van der Waals surface area contributed by atoms with Gasteiger partial charge in [0.2, 0.25) is 0 Å². The highest BCUT2D eigenvalue weighted by atomic mass is 35.5. The minimum Gasteiger partial charge on any atom is -0.310 e. The molecule has 0 aliphatic heterocycles. The van der Waals surface area contributed by atoms with Crippen molar-refractivity contribution in [2.24, 2.45) is 0 Å². The Morgan fingerprint density at radius 2 is 1.85 bits per heavy atom. The highest BCUT2D eigenvalue weighted by Gasteiger charge is 2.07. The maximum absolute atomic E-state index is 13.1. The summed E-state index contributed by atoms with van der Waals surface area (Å²) in [6.45, 7) is 2.52. The van der Waals surface area contributed by atoms with E-state index in [1.807, 2.05) is 31.2 Å². The lowest BCUT2D eigenvalue weighted by Gasteiger charge is -2.15. The van der Waals surface area contributed by atoms with Gasteiger partial charge in [-0.25, -0.2) is 8.78 Å². The van der Waals surface area contributed by atoms with Gasteiger partial charge in [0.15, 0.2) is 11.6 Å². The van der Waals surface area contributed by atoms with E-state index in [0.717, 1.165) is 28.6 Å². The van der Waals surface area contributed by atoms with Crippen molar-refractivity contribution in [1.82, 2.24) is 5.32 Å². The van der Waals surface area contributed by atoms with Crippen LogP contribution in [0, 0.1) is 11.6 Å². The molecular formula is C16H16ClF2N. The van der Waals surface area contributed by atoms with Crippen molar-refractivity contribution in [1.29, 1.82) is 0 Å². The van der Waals surface area contributed by atoms with Crippen LogP contribution in [0.25, 0.3) is 0 Å². The smallest absolute Gasteiger partial charge is 0.159 e. The molecule has 1 unspecified atom stereocenters. The molecular weight excluding hydrogens is 280 g/mol. The van der Waals surface area contributed by atoms with Crippen molar-refractivity contribution in [3.8, 4) is 0 Å². The first-order chi connectivity index (χ1) is 9.56. The summed E-state index contributed by atoms with van der Waals surface area (Å²) in [5.41, 5.74) is 1.79. The Morgan fingerprint density at radius 1 is 1.10 bits per heavy atom. The Bertz CT molecular complexity index is 586. The zero-order valence-corrected chi connectivity index (χ0v) is 11.9. The number of hydrogen-bond donors (Lipinski definition) is 1. The van der Waals surface area contributed by atoms with Gasteiger partial charge in [0.05, 0.1) is 0 Å². The van der Waals surface area contributed by atoms with Crippen LogP contribution >= 0.6 is 11.6 Å². The van der Waals surface area contributed by atoms with Crippen molar-refractivity contribution in [2.45, 2.75) is 25.9 Å². The Hall–Kier alpha value is -1.45. The number of benzene rings is 2. The molecule has 0 aliphatic carbocycles. The highest BCUT2D eigenvalue weighted by Crippen LogP contribution is 2.16. The van der Waals surface area contributed by atoms with Gasteiger partial charge in [-0.05, 0) is 42.7 Å². The second-order valence-electron chi connectivity index (χ2n) is 4.83. The van der Waals surface area contributed by atoms with Gasteiger partial charge >= 0.3 is 0 Å². The van der Waals surface area contributed by atoms with Crippen LogP contribution in [0.1, 0.15) is 18.1 Å². The van der Waals surface area contributed by atoms with Crippen LogP contribution in [0.4, 0.5) is 8.78 Å². The van der Waals surface area contributed by atoms with Crippen LogP contribution in [-0.4, -0.2) is 6.04 Å². The van der Waals surface area contributed by atoms with Crippen LogP contribution in [0.15, 0.2) is 42.5 Å². The minimum atomic E-state index is -0.821. The first-order valence-electron chi connectivity index (χ1n) is 6.47. The summed E-state index contributed by atoms with van der Waals surface area (Å²) in [5, 5.41) is 4.02. The van der Waals surface area contributed by atoms with Crippen molar-refractivity contribution in [3.63, 3.8) is 0 Å². The van der Waals surface area contributed by atoms with Gasteiger partial charge in [0.25, 0.3) is 0 Å². The van der Waals surface area contributed by atoms with Gasteiger partial charge < -0.3 is 5.32 Å². The third-order valence-corrected chi connectivity index (χ3v) is 3.49. The maximum atomic E-state index is 13.1. The molecule has 0 amide bonds. The largest absolute Gasteiger partial charge is 0.310 e. The first-order valence-corrected chi connectivity index (χ1v) is 6.85. The molecule has 0 aliphatic rings. The van der Waals surface area contributed by atoms with Gasteiger partial charge in [-0.3, -0.25) is 0 Å². The molecule has 0 spiro atoms. The molecule has 0 heterocycles. The topological polar surface area (TPSA) is 12.0 Å². The second kappa shape index (κ2) is 6.82. The van der Waals surface area contributed by atoms with Crippen molar-refractivity contribution in [2.75, 3.05) is 0 Å². The van der Waals surface area contributed by atoms with Gasteiger partial charge in [-0.1, -0.05) is 35.9 Å². The van der Waals surface area contributed by atoms with Crippen LogP contribution in [0.5, 0.6) is 0 Å². The fraction of sp³-hybridized carbons (Fsp3) is 0.250. The molecule has 0 fully saturated rings. The highest BCUT2D eigenvalue weighted by molar-refractivity contribution is 6.31. The minimum absolute atomic E-state index is 0.183. The maximum Gasteiger partial charge on any atom is 0.159 e. The van der Waals surface area contributed by atoms with E-state index in [0.29, 0.717) is 6.54 Å². The van der Waals surface area contributed by atoms with E-state index in [1.165, 1.54) is 6.07 Å². The lowest BCUT2D eigenvalue weighted by atomic mass is 10.1. The van der Waals surface area contributed by atoms with E-state index in [2.05, 4.69) is 5.32 Å². The molecule has 20 heavy (non-hydrogen) atoms. The fourth-order valence-electron chi connectivity index (χ4n) is 2.01. The first kappa shape index (κ1) is 14.9. The molecule has 2 aromatic rings. The zero-order valence-electron chi connectivity index (χ0n) is 11.2.